The van der Waals surface area contributed by atoms with Gasteiger partial charge in [0.25, 0.3) is 6.43 Å². The molecule has 0 spiro atoms. The molecule has 0 aliphatic heterocycles. The van der Waals surface area contributed by atoms with Crippen LogP contribution in [-0.4, -0.2) is 48.6 Å². The molecule has 1 aromatic rings. The van der Waals surface area contributed by atoms with E-state index in [1.54, 1.807) is 24.3 Å². The van der Waals surface area contributed by atoms with Gasteiger partial charge in [-0.1, -0.05) is 17.7 Å². The maximum absolute atomic E-state index is 12.3. The number of nitrogens with zero attached hydrogens (tertiary/aromatic N) is 2. The molecule has 5 nitrogen and oxygen atoms in total. The minimum absolute atomic E-state index is 0.351. The Bertz CT molecular complexity index is 477. The van der Waals surface area contributed by atoms with E-state index < -0.39 is 31.5 Å². The van der Waals surface area contributed by atoms with Gasteiger partial charge in [-0.3, -0.25) is 9.69 Å². The second-order valence-corrected chi connectivity index (χ2v) is 4.37. The van der Waals surface area contributed by atoms with Crippen molar-refractivity contribution in [1.82, 2.24) is 4.90 Å². The molecule has 110 valence electrons. The van der Waals surface area contributed by atoms with Crippen molar-refractivity contribution in [2.75, 3.05) is 25.0 Å². The Kier molecular flexibility index (Phi) is 5.42. The number of carbonyl (C=O) groups is 2. The summed E-state index contributed by atoms with van der Waals surface area (Å²) in [4.78, 5) is 24.6. The molecule has 0 heterocycles. The average molecular weight is 286 g/mol. The average Bonchev–Trinajstić information content (AvgIpc) is 2.35. The zero-order valence-corrected chi connectivity index (χ0v) is 11.2. The lowest BCUT2D eigenvalue weighted by Gasteiger charge is -2.27. The molecule has 0 unspecified atom stereocenters. The summed E-state index contributed by atoms with van der Waals surface area (Å²) >= 11 is 0. The predicted molar refractivity (Wildman–Crippen MR) is 70.2 cm³/mol. The molecular weight excluding hydrogens is 270 g/mol. The van der Waals surface area contributed by atoms with Crippen LogP contribution in [0.15, 0.2) is 24.3 Å². The number of aryl methyl sites for hydroxylation is 1. The van der Waals surface area contributed by atoms with Gasteiger partial charge in [0.1, 0.15) is 6.54 Å². The molecule has 0 radical (unpaired) electrons. The number of benzene rings is 1. The van der Waals surface area contributed by atoms with Crippen molar-refractivity contribution < 1.29 is 23.5 Å². The molecule has 1 N–H and O–H groups in total. The van der Waals surface area contributed by atoms with E-state index in [9.17, 15) is 18.4 Å². The van der Waals surface area contributed by atoms with E-state index in [1.165, 1.54) is 7.05 Å². The molecular formula is C13H16F2N2O3. The number of aliphatic carboxylic acids is 1. The number of carboxylic acids is 1. The number of carbonyl (C=O) groups excluding carboxylic acids is 1. The zero-order chi connectivity index (χ0) is 15.3. The van der Waals surface area contributed by atoms with Gasteiger partial charge < -0.3 is 10.0 Å². The molecule has 0 saturated carbocycles. The van der Waals surface area contributed by atoms with Crippen molar-refractivity contribution in [1.29, 1.82) is 0 Å². The fraction of sp³-hybridized carbons (Fsp3) is 0.385. The second-order valence-electron chi connectivity index (χ2n) is 4.37. The Morgan fingerprint density at radius 1 is 1.25 bits per heavy atom. The van der Waals surface area contributed by atoms with Crippen LogP contribution in [0.5, 0.6) is 0 Å². The Morgan fingerprint density at radius 3 is 2.25 bits per heavy atom. The fourth-order valence-electron chi connectivity index (χ4n) is 1.62. The molecule has 0 bridgehead atoms. The van der Waals surface area contributed by atoms with Crippen LogP contribution in [0.3, 0.4) is 0 Å². The fourth-order valence-corrected chi connectivity index (χ4v) is 1.62. The van der Waals surface area contributed by atoms with Crippen molar-refractivity contribution in [3.8, 4) is 0 Å². The summed E-state index contributed by atoms with van der Waals surface area (Å²) in [7, 11) is 1.21. The normalized spacial score (nSPS) is 10.4. The van der Waals surface area contributed by atoms with Crippen molar-refractivity contribution in [3.63, 3.8) is 0 Å². The number of anilines is 1. The van der Waals surface area contributed by atoms with Gasteiger partial charge in [-0.2, -0.15) is 0 Å². The van der Waals surface area contributed by atoms with Crippen LogP contribution in [0.2, 0.25) is 0 Å². The third-order valence-corrected chi connectivity index (χ3v) is 2.61. The third kappa shape index (κ3) is 4.49. The van der Waals surface area contributed by atoms with Crippen LogP contribution in [0.1, 0.15) is 5.56 Å². The second kappa shape index (κ2) is 6.83. The number of hydrogen-bond acceptors (Lipinski definition) is 2. The summed E-state index contributed by atoms with van der Waals surface area (Å²) in [5.41, 5.74) is 1.29. The monoisotopic (exact) mass is 286 g/mol. The van der Waals surface area contributed by atoms with Crippen LogP contribution >= 0.6 is 0 Å². The standard InChI is InChI=1S/C13H16F2N2O3/c1-9-3-5-10(6-4-9)17(8-12(18)19)13(20)16(2)7-11(14)15/h3-6,11H,7-8H2,1-2H3,(H,18,19). The van der Waals surface area contributed by atoms with E-state index in [4.69, 9.17) is 5.11 Å². The van der Waals surface area contributed by atoms with E-state index in [2.05, 4.69) is 0 Å². The van der Waals surface area contributed by atoms with Gasteiger partial charge >= 0.3 is 12.0 Å². The van der Waals surface area contributed by atoms with Gasteiger partial charge in [-0.15, -0.1) is 0 Å². The molecule has 7 heteroatoms. The van der Waals surface area contributed by atoms with E-state index >= 15 is 0 Å². The van der Waals surface area contributed by atoms with Gasteiger partial charge in [0.15, 0.2) is 0 Å². The maximum Gasteiger partial charge on any atom is 0.324 e. The lowest BCUT2D eigenvalue weighted by Crippen LogP contribution is -2.45. The molecule has 0 aliphatic carbocycles. The van der Waals surface area contributed by atoms with Gasteiger partial charge in [-0.25, -0.2) is 13.6 Å². The minimum atomic E-state index is -2.67. The Labute approximate surface area is 115 Å². The summed E-state index contributed by atoms with van der Waals surface area (Å²) in [6.07, 6.45) is -2.67. The molecule has 1 aromatic carbocycles. The SMILES string of the molecule is Cc1ccc(N(CC(=O)O)C(=O)N(C)CC(F)F)cc1. The van der Waals surface area contributed by atoms with Crippen molar-refractivity contribution in [2.45, 2.75) is 13.3 Å². The number of carboxylic acid groups (broad SMARTS) is 1. The molecule has 2 amide bonds. The maximum atomic E-state index is 12.3. The van der Waals surface area contributed by atoms with Crippen LogP contribution in [0.25, 0.3) is 0 Å². The Balaban J connectivity index is 2.96. The van der Waals surface area contributed by atoms with Gasteiger partial charge in [-0.05, 0) is 19.1 Å². The third-order valence-electron chi connectivity index (χ3n) is 2.61. The van der Waals surface area contributed by atoms with E-state index in [0.29, 0.717) is 5.69 Å². The molecule has 0 fully saturated rings. The first-order chi connectivity index (χ1) is 9.31. The van der Waals surface area contributed by atoms with Crippen LogP contribution in [0.4, 0.5) is 19.3 Å². The van der Waals surface area contributed by atoms with Crippen LogP contribution in [-0.2, 0) is 4.79 Å². The van der Waals surface area contributed by atoms with E-state index in [1.807, 2.05) is 6.92 Å². The number of amides is 2. The quantitative estimate of drug-likeness (QED) is 0.902. The number of hydrogen-bond donors (Lipinski definition) is 1. The Hall–Kier alpha value is -2.18. The van der Waals surface area contributed by atoms with Gasteiger partial charge in [0.05, 0.1) is 6.54 Å². The minimum Gasteiger partial charge on any atom is -0.480 e. The number of alkyl halides is 2. The number of urea groups is 1. The molecule has 0 aliphatic rings. The summed E-state index contributed by atoms with van der Waals surface area (Å²) in [6.45, 7) is 0.506. The summed E-state index contributed by atoms with van der Waals surface area (Å²) in [6, 6.07) is 5.80. The zero-order valence-electron chi connectivity index (χ0n) is 11.2. The van der Waals surface area contributed by atoms with E-state index in [-0.39, 0.29) is 0 Å². The first kappa shape index (κ1) is 15.9. The molecule has 0 atom stereocenters. The summed E-state index contributed by atoms with van der Waals surface area (Å²) in [5, 5.41) is 8.85. The Morgan fingerprint density at radius 2 is 1.80 bits per heavy atom. The molecule has 0 aromatic heterocycles. The largest absolute Gasteiger partial charge is 0.480 e. The van der Waals surface area contributed by atoms with Gasteiger partial charge in [0.2, 0.25) is 0 Å². The number of halogens is 2. The topological polar surface area (TPSA) is 60.9 Å². The highest BCUT2D eigenvalue weighted by Gasteiger charge is 2.23. The smallest absolute Gasteiger partial charge is 0.324 e. The molecule has 1 rings (SSSR count). The lowest BCUT2D eigenvalue weighted by atomic mass is 10.2. The van der Waals surface area contributed by atoms with Crippen LogP contribution < -0.4 is 4.90 Å². The van der Waals surface area contributed by atoms with Crippen molar-refractivity contribution in [3.05, 3.63) is 29.8 Å². The van der Waals surface area contributed by atoms with Crippen molar-refractivity contribution in [2.24, 2.45) is 0 Å². The summed E-state index contributed by atoms with van der Waals surface area (Å²) in [5.74, 6) is -1.22. The predicted octanol–water partition coefficient (Wildman–Crippen LogP) is 2.20. The highest BCUT2D eigenvalue weighted by molar-refractivity contribution is 5.96. The first-order valence-corrected chi connectivity index (χ1v) is 5.90. The van der Waals surface area contributed by atoms with E-state index in [0.717, 1.165) is 15.4 Å². The van der Waals surface area contributed by atoms with Crippen LogP contribution in [0, 0.1) is 6.92 Å². The highest BCUT2D eigenvalue weighted by atomic mass is 19.3. The van der Waals surface area contributed by atoms with Gasteiger partial charge in [0, 0.05) is 12.7 Å². The number of rotatable bonds is 5. The molecule has 0 saturated heterocycles. The van der Waals surface area contributed by atoms with Crippen molar-refractivity contribution >= 4 is 17.7 Å². The first-order valence-electron chi connectivity index (χ1n) is 5.90. The molecule has 20 heavy (non-hydrogen) atoms. The highest BCUT2D eigenvalue weighted by Crippen LogP contribution is 2.17. The summed E-state index contributed by atoms with van der Waals surface area (Å²) < 4.78 is 24.6. The lowest BCUT2D eigenvalue weighted by molar-refractivity contribution is -0.135.